The molecule has 0 saturated carbocycles. The van der Waals surface area contributed by atoms with Crippen molar-refractivity contribution in [2.75, 3.05) is 12.3 Å². The van der Waals surface area contributed by atoms with Gasteiger partial charge in [0.1, 0.15) is 5.75 Å². The van der Waals surface area contributed by atoms with Crippen molar-refractivity contribution in [1.29, 1.82) is 0 Å². The predicted octanol–water partition coefficient (Wildman–Crippen LogP) is 3.73. The number of nitrogens with two attached hydrogens (primary N) is 1. The predicted molar refractivity (Wildman–Crippen MR) is 99.0 cm³/mol. The van der Waals surface area contributed by atoms with E-state index in [1.165, 1.54) is 0 Å². The fourth-order valence-corrected chi connectivity index (χ4v) is 2.75. The van der Waals surface area contributed by atoms with Crippen LogP contribution < -0.4 is 10.5 Å². The summed E-state index contributed by atoms with van der Waals surface area (Å²) in [5, 5.41) is 0. The van der Waals surface area contributed by atoms with Crippen LogP contribution in [0.2, 0.25) is 0 Å². The van der Waals surface area contributed by atoms with E-state index in [1.54, 1.807) is 0 Å². The molecule has 2 aromatic heterocycles. The van der Waals surface area contributed by atoms with Crippen LogP contribution in [0.25, 0.3) is 28.0 Å². The van der Waals surface area contributed by atoms with Crippen molar-refractivity contribution in [3.63, 3.8) is 0 Å². The zero-order valence-corrected chi connectivity index (χ0v) is 14.0. The minimum atomic E-state index is 0.366. The van der Waals surface area contributed by atoms with Crippen molar-refractivity contribution >= 4 is 28.3 Å². The fraction of sp³-hybridized carbons (Fsp3) is 0.211. The highest BCUT2D eigenvalue weighted by Crippen LogP contribution is 2.24. The van der Waals surface area contributed by atoms with E-state index in [-0.39, 0.29) is 0 Å². The van der Waals surface area contributed by atoms with Crippen molar-refractivity contribution in [2.45, 2.75) is 19.8 Å². The highest BCUT2D eigenvalue weighted by Gasteiger charge is 2.14. The summed E-state index contributed by atoms with van der Waals surface area (Å²) in [6.45, 7) is 2.87. The van der Waals surface area contributed by atoms with Gasteiger partial charge in [0, 0.05) is 0 Å². The summed E-state index contributed by atoms with van der Waals surface area (Å²) in [7, 11) is 0. The highest BCUT2D eigenvalue weighted by molar-refractivity contribution is 5.85. The second-order valence-electron chi connectivity index (χ2n) is 5.86. The summed E-state index contributed by atoms with van der Waals surface area (Å²) < 4.78 is 7.52. The molecule has 6 nitrogen and oxygen atoms in total. The van der Waals surface area contributed by atoms with Gasteiger partial charge < -0.3 is 10.5 Å². The van der Waals surface area contributed by atoms with Crippen LogP contribution in [0.1, 0.15) is 19.8 Å². The lowest BCUT2D eigenvalue weighted by molar-refractivity contribution is 0.309. The lowest BCUT2D eigenvalue weighted by Gasteiger charge is -2.09. The van der Waals surface area contributed by atoms with Crippen molar-refractivity contribution in [2.24, 2.45) is 0 Å². The number of para-hydroxylation sites is 2. The third-order valence-corrected chi connectivity index (χ3v) is 4.06. The first-order valence-corrected chi connectivity index (χ1v) is 8.40. The molecule has 0 aliphatic rings. The third-order valence-electron chi connectivity index (χ3n) is 4.06. The number of nitrogens with zero attached hydrogens (tertiary/aromatic N) is 4. The van der Waals surface area contributed by atoms with Crippen LogP contribution in [0.3, 0.4) is 0 Å². The van der Waals surface area contributed by atoms with E-state index >= 15 is 0 Å². The molecular weight excluding hydrogens is 314 g/mol. The number of nitrogen functional groups attached to an aromatic ring is 1. The zero-order chi connectivity index (χ0) is 17.2. The first kappa shape index (κ1) is 15.4. The largest absolute Gasteiger partial charge is 0.494 e. The van der Waals surface area contributed by atoms with Crippen LogP contribution in [0.5, 0.6) is 5.75 Å². The van der Waals surface area contributed by atoms with Gasteiger partial charge in [0.2, 0.25) is 5.95 Å². The Morgan fingerprint density at radius 1 is 0.960 bits per heavy atom. The van der Waals surface area contributed by atoms with Crippen molar-refractivity contribution < 1.29 is 4.74 Å². The Bertz CT molecular complexity index is 1020. The lowest BCUT2D eigenvalue weighted by atomic mass is 10.3. The van der Waals surface area contributed by atoms with Gasteiger partial charge in [-0.2, -0.15) is 4.98 Å². The molecule has 0 bridgehead atoms. The Morgan fingerprint density at radius 3 is 2.40 bits per heavy atom. The van der Waals surface area contributed by atoms with Gasteiger partial charge in [0.25, 0.3) is 0 Å². The topological polar surface area (TPSA) is 78.9 Å². The molecule has 2 aromatic carbocycles. The summed E-state index contributed by atoms with van der Waals surface area (Å²) >= 11 is 0. The number of fused-ring (bicyclic) bond motifs is 2. The molecule has 0 fully saturated rings. The Balaban J connectivity index is 1.75. The van der Waals surface area contributed by atoms with Crippen LogP contribution in [0.4, 0.5) is 5.95 Å². The van der Waals surface area contributed by atoms with Crippen LogP contribution in [0.15, 0.2) is 48.5 Å². The third kappa shape index (κ3) is 2.87. The molecule has 0 amide bonds. The number of anilines is 1. The van der Waals surface area contributed by atoms with E-state index < -0.39 is 0 Å². The number of imidazole rings is 1. The van der Waals surface area contributed by atoms with Crippen LogP contribution in [-0.2, 0) is 0 Å². The fourth-order valence-electron chi connectivity index (χ4n) is 2.75. The Kier molecular flexibility index (Phi) is 3.93. The summed E-state index contributed by atoms with van der Waals surface area (Å²) in [5.41, 5.74) is 9.82. The van der Waals surface area contributed by atoms with Crippen LogP contribution in [-0.4, -0.2) is 26.1 Å². The van der Waals surface area contributed by atoms with Gasteiger partial charge in [-0.3, -0.25) is 4.57 Å². The Morgan fingerprint density at radius 2 is 1.68 bits per heavy atom. The summed E-state index contributed by atoms with van der Waals surface area (Å²) in [4.78, 5) is 13.6. The summed E-state index contributed by atoms with van der Waals surface area (Å²) in [6.07, 6.45) is 2.16. The number of hydrogen-bond donors (Lipinski definition) is 1. The van der Waals surface area contributed by atoms with Crippen LogP contribution in [0, 0.1) is 0 Å². The number of aromatic nitrogens is 4. The summed E-state index contributed by atoms with van der Waals surface area (Å²) in [6, 6.07) is 15.5. The second-order valence-corrected chi connectivity index (χ2v) is 5.86. The number of rotatable bonds is 5. The minimum Gasteiger partial charge on any atom is -0.494 e. The van der Waals surface area contributed by atoms with Gasteiger partial charge >= 0.3 is 0 Å². The molecule has 126 valence electrons. The smallest absolute Gasteiger partial charge is 0.208 e. The molecule has 0 radical (unpaired) electrons. The Labute approximate surface area is 145 Å². The molecule has 25 heavy (non-hydrogen) atoms. The standard InChI is InChI=1S/C19H19N5O/c1-2-3-12-25-14-10-8-13(9-11-14)24-18-17(23-19(24)20)21-15-6-4-5-7-16(15)22-18/h4-11H,2-3,12H2,1H3,(H2,20,21,23). The van der Waals surface area contributed by atoms with Gasteiger partial charge in [0.15, 0.2) is 11.3 Å². The maximum Gasteiger partial charge on any atom is 0.208 e. The average molecular weight is 333 g/mol. The Hall–Kier alpha value is -3.15. The molecule has 0 unspecified atom stereocenters. The van der Waals surface area contributed by atoms with Crippen molar-refractivity contribution in [3.05, 3.63) is 48.5 Å². The molecule has 0 saturated heterocycles. The maximum absolute atomic E-state index is 6.12. The van der Waals surface area contributed by atoms with E-state index in [2.05, 4.69) is 21.9 Å². The van der Waals surface area contributed by atoms with Crippen LogP contribution >= 0.6 is 0 Å². The molecule has 4 rings (SSSR count). The first-order valence-electron chi connectivity index (χ1n) is 8.40. The normalized spacial score (nSPS) is 11.2. The van der Waals surface area contributed by atoms with E-state index in [0.29, 0.717) is 17.2 Å². The quantitative estimate of drug-likeness (QED) is 0.563. The van der Waals surface area contributed by atoms with E-state index in [1.807, 2.05) is 53.1 Å². The first-order chi connectivity index (χ1) is 12.3. The number of unbranched alkanes of at least 4 members (excludes halogenated alkanes) is 1. The molecule has 4 aromatic rings. The molecule has 0 atom stereocenters. The molecule has 0 aliphatic heterocycles. The maximum atomic E-state index is 6.12. The average Bonchev–Trinajstić information content (AvgIpc) is 2.95. The second kappa shape index (κ2) is 6.39. The molecule has 6 heteroatoms. The van der Waals surface area contributed by atoms with E-state index in [9.17, 15) is 0 Å². The summed E-state index contributed by atoms with van der Waals surface area (Å²) in [5.74, 6) is 1.21. The lowest BCUT2D eigenvalue weighted by Crippen LogP contribution is -2.02. The molecule has 2 N–H and O–H groups in total. The zero-order valence-electron chi connectivity index (χ0n) is 14.0. The number of ether oxygens (including phenoxy) is 1. The molecular formula is C19H19N5O. The van der Waals surface area contributed by atoms with Gasteiger partial charge in [-0.05, 0) is 42.8 Å². The monoisotopic (exact) mass is 333 g/mol. The van der Waals surface area contributed by atoms with Crippen molar-refractivity contribution in [3.8, 4) is 11.4 Å². The SMILES string of the molecule is CCCCOc1ccc(-n2c(N)nc3nc4ccccc4nc32)cc1. The van der Waals surface area contributed by atoms with Gasteiger partial charge in [0.05, 0.1) is 23.3 Å². The molecule has 0 aliphatic carbocycles. The van der Waals surface area contributed by atoms with E-state index in [4.69, 9.17) is 10.5 Å². The van der Waals surface area contributed by atoms with Crippen molar-refractivity contribution in [1.82, 2.24) is 19.5 Å². The van der Waals surface area contributed by atoms with Gasteiger partial charge in [-0.25, -0.2) is 9.97 Å². The number of hydrogen-bond acceptors (Lipinski definition) is 5. The molecule has 2 heterocycles. The molecule has 0 spiro atoms. The van der Waals surface area contributed by atoms with E-state index in [0.717, 1.165) is 41.9 Å². The highest BCUT2D eigenvalue weighted by atomic mass is 16.5. The number of benzene rings is 2. The van der Waals surface area contributed by atoms with Gasteiger partial charge in [-0.15, -0.1) is 0 Å². The van der Waals surface area contributed by atoms with Gasteiger partial charge in [-0.1, -0.05) is 25.5 Å². The minimum absolute atomic E-state index is 0.366.